The number of rotatable bonds is 2. The fourth-order valence-corrected chi connectivity index (χ4v) is 0. The van der Waals surface area contributed by atoms with Gasteiger partial charge in [0.2, 0.25) is 0 Å². The third kappa shape index (κ3) is 26.8. The summed E-state index contributed by atoms with van der Waals surface area (Å²) >= 11 is 0. The van der Waals surface area contributed by atoms with E-state index >= 15 is 0 Å². The van der Waals surface area contributed by atoms with Crippen molar-refractivity contribution in [1.82, 2.24) is 0 Å². The van der Waals surface area contributed by atoms with Crippen molar-refractivity contribution in [3.63, 3.8) is 0 Å². The number of hydrogen-bond acceptors (Lipinski definition) is 2. The normalized spacial score (nSPS) is 7.20. The van der Waals surface area contributed by atoms with Crippen LogP contribution in [0.4, 0.5) is 0 Å². The maximum atomic E-state index is 9.76. The number of carbonyl (C=O) groups is 2. The Morgan fingerprint density at radius 1 is 1.00 bits per heavy atom. The lowest BCUT2D eigenvalue weighted by atomic mass is 10.7. The molecule has 0 aliphatic heterocycles. The van der Waals surface area contributed by atoms with Crippen LogP contribution in [0.25, 0.3) is 0 Å². The highest BCUT2D eigenvalue weighted by atomic mass is 28.1. The molecule has 0 heterocycles. The van der Waals surface area contributed by atoms with E-state index in [9.17, 15) is 9.59 Å². The van der Waals surface area contributed by atoms with Crippen LogP contribution in [0.2, 0.25) is 0 Å². The molecule has 0 amide bonds. The van der Waals surface area contributed by atoms with Gasteiger partial charge in [-0.3, -0.25) is 0 Å². The molecule has 0 fully saturated rings. The summed E-state index contributed by atoms with van der Waals surface area (Å²) in [6.45, 7) is 6.49. The van der Waals surface area contributed by atoms with Crippen molar-refractivity contribution in [2.45, 2.75) is 0 Å². The first-order valence-corrected chi connectivity index (χ1v) is 4.80. The molecular formula is C6H12O2Si2. The highest BCUT2D eigenvalue weighted by molar-refractivity contribution is 6.61. The summed E-state index contributed by atoms with van der Waals surface area (Å²) in [5.41, 5.74) is 0. The van der Waals surface area contributed by atoms with E-state index in [1.165, 1.54) is 12.2 Å². The van der Waals surface area contributed by atoms with E-state index in [1.807, 2.05) is 0 Å². The number of carbonyl (C=O) groups excluding carboxylic acids is 2. The molecule has 0 saturated heterocycles. The summed E-state index contributed by atoms with van der Waals surface area (Å²) in [6.07, 6.45) is 2.68. The smallest absolute Gasteiger partial charge is 0.121 e. The summed E-state index contributed by atoms with van der Waals surface area (Å²) in [6, 6.07) is 0. The van der Waals surface area contributed by atoms with Crippen LogP contribution in [0.3, 0.4) is 0 Å². The highest BCUT2D eigenvalue weighted by Crippen LogP contribution is 1.54. The minimum atomic E-state index is 0.157. The topological polar surface area (TPSA) is 34.1 Å². The quantitative estimate of drug-likeness (QED) is 0.361. The van der Waals surface area contributed by atoms with Gasteiger partial charge in [-0.15, -0.1) is 0 Å². The van der Waals surface area contributed by atoms with Gasteiger partial charge in [0.1, 0.15) is 10.8 Å². The molecule has 10 heavy (non-hydrogen) atoms. The second-order valence-electron chi connectivity index (χ2n) is 1.63. The molecule has 0 radical (unpaired) electrons. The molecule has 0 spiro atoms. The van der Waals surface area contributed by atoms with Crippen LogP contribution >= 0.6 is 0 Å². The van der Waals surface area contributed by atoms with Crippen LogP contribution < -0.4 is 0 Å². The molecule has 0 bridgehead atoms. The number of allylic oxidation sites excluding steroid dienone is 2. The van der Waals surface area contributed by atoms with Crippen LogP contribution in [-0.4, -0.2) is 31.3 Å². The van der Waals surface area contributed by atoms with E-state index in [2.05, 4.69) is 13.2 Å². The van der Waals surface area contributed by atoms with Gasteiger partial charge < -0.3 is 9.59 Å². The largest absolute Gasteiger partial charge is 0.302 e. The molecule has 0 aromatic heterocycles. The first kappa shape index (κ1) is 12.0. The Labute approximate surface area is 66.9 Å². The van der Waals surface area contributed by atoms with Gasteiger partial charge in [0.05, 0.1) is 20.5 Å². The maximum absolute atomic E-state index is 9.76. The Bertz CT molecular complexity index is 134. The molecule has 2 nitrogen and oxygen atoms in total. The lowest BCUT2D eigenvalue weighted by Crippen LogP contribution is -1.84. The second-order valence-corrected chi connectivity index (χ2v) is 3.60. The van der Waals surface area contributed by atoms with E-state index < -0.39 is 0 Å². The van der Waals surface area contributed by atoms with Crippen LogP contribution in [0.1, 0.15) is 0 Å². The fraction of sp³-hybridized carbons (Fsp3) is 0. The minimum Gasteiger partial charge on any atom is -0.302 e. The molecule has 0 atom stereocenters. The number of hydrogen-bond donors (Lipinski definition) is 0. The molecule has 0 saturated carbocycles. The minimum absolute atomic E-state index is 0.157. The molecule has 0 unspecified atom stereocenters. The van der Waals surface area contributed by atoms with E-state index in [0.717, 1.165) is 0 Å². The van der Waals surface area contributed by atoms with E-state index in [4.69, 9.17) is 0 Å². The van der Waals surface area contributed by atoms with Crippen LogP contribution in [0.5, 0.6) is 0 Å². The molecule has 56 valence electrons. The summed E-state index contributed by atoms with van der Waals surface area (Å²) in [7, 11) is 1.23. The van der Waals surface area contributed by atoms with Crippen molar-refractivity contribution in [3.8, 4) is 0 Å². The lowest BCUT2D eigenvalue weighted by Gasteiger charge is -1.63. The summed E-state index contributed by atoms with van der Waals surface area (Å²) in [5, 5.41) is 0.315. The summed E-state index contributed by atoms with van der Waals surface area (Å²) < 4.78 is 0. The Morgan fingerprint density at radius 3 is 1.10 bits per heavy atom. The van der Waals surface area contributed by atoms with Gasteiger partial charge in [-0.1, -0.05) is 13.2 Å². The second kappa shape index (κ2) is 8.25. The molecule has 4 heteroatoms. The molecule has 0 aromatic carbocycles. The van der Waals surface area contributed by atoms with E-state index in [-0.39, 0.29) is 10.8 Å². The zero-order valence-electron chi connectivity index (χ0n) is 6.39. The standard InChI is InChI=1S/2C3H6OSi/c2*1-2-3(4)5/h2*2H,1H2,5H3. The van der Waals surface area contributed by atoms with Crippen LogP contribution in [0.15, 0.2) is 25.3 Å². The Hall–Kier alpha value is -0.746. The van der Waals surface area contributed by atoms with Crippen LogP contribution in [0, 0.1) is 0 Å². The van der Waals surface area contributed by atoms with Crippen molar-refractivity contribution in [3.05, 3.63) is 25.3 Å². The van der Waals surface area contributed by atoms with Gasteiger partial charge in [-0.05, 0) is 12.2 Å². The van der Waals surface area contributed by atoms with Crippen molar-refractivity contribution in [2.75, 3.05) is 0 Å². The fourth-order valence-electron chi connectivity index (χ4n) is 0. The lowest BCUT2D eigenvalue weighted by molar-refractivity contribution is -0.108. The monoisotopic (exact) mass is 172 g/mol. The predicted molar refractivity (Wildman–Crippen MR) is 50.3 cm³/mol. The zero-order valence-corrected chi connectivity index (χ0v) is 10.4. The van der Waals surface area contributed by atoms with Crippen molar-refractivity contribution in [1.29, 1.82) is 0 Å². The van der Waals surface area contributed by atoms with Crippen LogP contribution in [-0.2, 0) is 9.59 Å². The summed E-state index contributed by atoms with van der Waals surface area (Å²) in [5.74, 6) is 0. The molecule has 0 aliphatic rings. The van der Waals surface area contributed by atoms with E-state index in [0.29, 0.717) is 20.5 Å². The Balaban J connectivity index is 0. The third-order valence-corrected chi connectivity index (χ3v) is 1.39. The van der Waals surface area contributed by atoms with Crippen molar-refractivity contribution < 1.29 is 9.59 Å². The predicted octanol–water partition coefficient (Wildman–Crippen LogP) is -1.87. The molecule has 0 rings (SSSR count). The Kier molecular flexibility index (Phi) is 9.89. The summed E-state index contributed by atoms with van der Waals surface area (Å²) in [4.78, 5) is 19.5. The van der Waals surface area contributed by atoms with Gasteiger partial charge in [0, 0.05) is 0 Å². The van der Waals surface area contributed by atoms with Gasteiger partial charge in [-0.2, -0.15) is 0 Å². The molecule has 0 aliphatic carbocycles. The average Bonchev–Trinajstić information content (AvgIpc) is 1.89. The highest BCUT2D eigenvalue weighted by Gasteiger charge is 1.70. The first-order chi connectivity index (χ1) is 4.54. The first-order valence-electron chi connectivity index (χ1n) is 2.80. The van der Waals surface area contributed by atoms with Gasteiger partial charge in [0.25, 0.3) is 0 Å². The van der Waals surface area contributed by atoms with Gasteiger partial charge >= 0.3 is 0 Å². The maximum Gasteiger partial charge on any atom is 0.121 e. The van der Waals surface area contributed by atoms with E-state index in [1.54, 1.807) is 0 Å². The molecule has 0 N–H and O–H groups in total. The van der Waals surface area contributed by atoms with Crippen molar-refractivity contribution in [2.24, 2.45) is 0 Å². The van der Waals surface area contributed by atoms with Gasteiger partial charge in [-0.25, -0.2) is 0 Å². The SMILES string of the molecule is C=CC(=O)[SiH3].C=CC(=O)[SiH3]. The van der Waals surface area contributed by atoms with Crippen molar-refractivity contribution >= 4 is 31.3 Å². The third-order valence-electron chi connectivity index (χ3n) is 0.575. The zero-order chi connectivity index (χ0) is 8.57. The molecule has 0 aromatic rings. The van der Waals surface area contributed by atoms with Gasteiger partial charge in [0.15, 0.2) is 0 Å². The Morgan fingerprint density at radius 2 is 1.10 bits per heavy atom. The average molecular weight is 172 g/mol. The molecular weight excluding hydrogens is 160 g/mol.